The molecule has 0 bridgehead atoms. The van der Waals surface area contributed by atoms with Crippen LogP contribution in [0, 0.1) is 0 Å². The maximum absolute atomic E-state index is 13.1. The first kappa shape index (κ1) is 23.8. The number of nitrogens with one attached hydrogen (secondary N) is 1. The Morgan fingerprint density at radius 3 is 2.29 bits per heavy atom. The monoisotopic (exact) mass is 466 g/mol. The van der Waals surface area contributed by atoms with Crippen LogP contribution in [0.2, 0.25) is 0 Å². The maximum atomic E-state index is 13.1. The fourth-order valence-electron chi connectivity index (χ4n) is 4.94. The van der Waals surface area contributed by atoms with Crippen molar-refractivity contribution in [1.29, 1.82) is 0 Å². The molecule has 1 fully saturated rings. The minimum atomic E-state index is -1.17. The zero-order valence-corrected chi connectivity index (χ0v) is 19.1. The lowest BCUT2D eigenvalue weighted by Crippen LogP contribution is -2.52. The van der Waals surface area contributed by atoms with Gasteiger partial charge in [-0.15, -0.1) is 0 Å². The van der Waals surface area contributed by atoms with Crippen LogP contribution in [0.1, 0.15) is 49.7 Å². The van der Waals surface area contributed by atoms with Gasteiger partial charge in [0.15, 0.2) is 0 Å². The van der Waals surface area contributed by atoms with Crippen molar-refractivity contribution in [3.8, 4) is 11.1 Å². The van der Waals surface area contributed by atoms with Gasteiger partial charge in [0.2, 0.25) is 5.91 Å². The molecule has 0 saturated carbocycles. The number of aliphatic hydroxyl groups excluding tert-OH is 1. The summed E-state index contributed by atoms with van der Waals surface area (Å²) in [6.07, 6.45) is 0.203. The van der Waals surface area contributed by atoms with E-state index in [9.17, 15) is 24.6 Å². The van der Waals surface area contributed by atoms with Gasteiger partial charge in [0.25, 0.3) is 0 Å². The number of unbranched alkanes of at least 4 members (excludes halogenated alkanes) is 1. The normalized spacial score (nSPS) is 19.9. The molecule has 3 atom stereocenters. The number of carbonyl (C=O) groups excluding carboxylic acids is 2. The molecule has 1 saturated heterocycles. The summed E-state index contributed by atoms with van der Waals surface area (Å²) in [4.78, 5) is 38.5. The van der Waals surface area contributed by atoms with Gasteiger partial charge in [-0.1, -0.05) is 68.3 Å². The number of carboxylic acids is 1. The molecule has 8 heteroatoms. The first-order chi connectivity index (χ1) is 16.4. The van der Waals surface area contributed by atoms with Crippen molar-refractivity contribution in [2.45, 2.75) is 56.7 Å². The summed E-state index contributed by atoms with van der Waals surface area (Å²) in [5.41, 5.74) is 4.42. The number of carboxylic acid groups (broad SMARTS) is 1. The molecule has 1 heterocycles. The molecule has 1 aliphatic carbocycles. The minimum absolute atomic E-state index is 0.0213. The molecule has 2 aromatic rings. The molecule has 0 aromatic heterocycles. The summed E-state index contributed by atoms with van der Waals surface area (Å²) >= 11 is 0. The summed E-state index contributed by atoms with van der Waals surface area (Å²) in [5, 5.41) is 22.0. The standard InChI is InChI=1S/C26H30N2O6/c1-2-3-12-22(24(30)28-14-16(29)13-23(28)25(31)32)27-26(33)34-15-21-19-10-6-4-8-17(19)18-9-5-7-11-20(18)21/h4-11,16,21-23,29H,2-3,12-15H2,1H3,(H,27,33)(H,31,32)/t16-,22?,23+/m1/s1. The molecule has 8 nitrogen and oxygen atoms in total. The first-order valence-corrected chi connectivity index (χ1v) is 11.7. The molecule has 34 heavy (non-hydrogen) atoms. The van der Waals surface area contributed by atoms with Gasteiger partial charge in [-0.3, -0.25) is 4.79 Å². The first-order valence-electron chi connectivity index (χ1n) is 11.7. The van der Waals surface area contributed by atoms with Crippen LogP contribution in [0.5, 0.6) is 0 Å². The smallest absolute Gasteiger partial charge is 0.407 e. The fourth-order valence-corrected chi connectivity index (χ4v) is 4.94. The fraction of sp³-hybridized carbons (Fsp3) is 0.423. The SMILES string of the molecule is CCCCC(NC(=O)OCC1c2ccccc2-c2ccccc21)C(=O)N1C[C@H](O)C[C@H]1C(=O)O. The predicted molar refractivity (Wildman–Crippen MR) is 125 cm³/mol. The average molecular weight is 467 g/mol. The van der Waals surface area contributed by atoms with E-state index in [0.717, 1.165) is 33.6 Å². The molecule has 2 aromatic carbocycles. The highest BCUT2D eigenvalue weighted by Gasteiger charge is 2.41. The van der Waals surface area contributed by atoms with Crippen molar-refractivity contribution in [3.05, 3.63) is 59.7 Å². The Labute approximate surface area is 198 Å². The lowest BCUT2D eigenvalue weighted by molar-refractivity contribution is -0.149. The van der Waals surface area contributed by atoms with Crippen molar-refractivity contribution < 1.29 is 29.3 Å². The van der Waals surface area contributed by atoms with Crippen molar-refractivity contribution in [1.82, 2.24) is 10.2 Å². The molecule has 180 valence electrons. The van der Waals surface area contributed by atoms with E-state index < -0.39 is 36.2 Å². The van der Waals surface area contributed by atoms with Crippen LogP contribution in [-0.4, -0.2) is 64.4 Å². The van der Waals surface area contributed by atoms with E-state index in [1.165, 1.54) is 0 Å². The number of fused-ring (bicyclic) bond motifs is 3. The quantitative estimate of drug-likeness (QED) is 0.551. The topological polar surface area (TPSA) is 116 Å². The summed E-state index contributed by atoms with van der Waals surface area (Å²) in [6, 6.07) is 14.0. The zero-order chi connectivity index (χ0) is 24.2. The third-order valence-corrected chi connectivity index (χ3v) is 6.63. The van der Waals surface area contributed by atoms with E-state index in [1.54, 1.807) is 0 Å². The molecule has 1 aliphatic heterocycles. The number of ether oxygens (including phenoxy) is 1. The van der Waals surface area contributed by atoms with Gasteiger partial charge < -0.3 is 25.2 Å². The highest BCUT2D eigenvalue weighted by atomic mass is 16.5. The highest BCUT2D eigenvalue weighted by molar-refractivity contribution is 5.90. The number of hydrogen-bond acceptors (Lipinski definition) is 5. The molecule has 4 rings (SSSR count). The van der Waals surface area contributed by atoms with E-state index in [0.29, 0.717) is 12.8 Å². The lowest BCUT2D eigenvalue weighted by atomic mass is 9.98. The Hall–Kier alpha value is -3.39. The van der Waals surface area contributed by atoms with Gasteiger partial charge in [0.1, 0.15) is 18.7 Å². The Kier molecular flexibility index (Phi) is 7.17. The van der Waals surface area contributed by atoms with Crippen LogP contribution >= 0.6 is 0 Å². The third-order valence-electron chi connectivity index (χ3n) is 6.63. The summed E-state index contributed by atoms with van der Waals surface area (Å²) < 4.78 is 5.57. The van der Waals surface area contributed by atoms with E-state index in [4.69, 9.17) is 4.74 Å². The molecule has 2 amide bonds. The summed E-state index contributed by atoms with van der Waals surface area (Å²) in [7, 11) is 0. The van der Waals surface area contributed by atoms with Crippen LogP contribution in [-0.2, 0) is 14.3 Å². The van der Waals surface area contributed by atoms with Gasteiger partial charge in [0.05, 0.1) is 6.10 Å². The Morgan fingerprint density at radius 2 is 1.71 bits per heavy atom. The number of aliphatic carboxylic acids is 1. The van der Waals surface area contributed by atoms with Crippen molar-refractivity contribution in [2.24, 2.45) is 0 Å². The Balaban J connectivity index is 1.44. The molecular formula is C26H30N2O6. The minimum Gasteiger partial charge on any atom is -0.480 e. The number of nitrogens with zero attached hydrogens (tertiary/aromatic N) is 1. The predicted octanol–water partition coefficient (Wildman–Crippen LogP) is 3.13. The van der Waals surface area contributed by atoms with Crippen LogP contribution in [0.15, 0.2) is 48.5 Å². The second-order valence-electron chi connectivity index (χ2n) is 8.90. The lowest BCUT2D eigenvalue weighted by Gasteiger charge is -2.27. The van der Waals surface area contributed by atoms with Crippen molar-refractivity contribution in [3.63, 3.8) is 0 Å². The Bertz CT molecular complexity index is 1030. The van der Waals surface area contributed by atoms with E-state index in [1.807, 2.05) is 43.3 Å². The number of benzene rings is 2. The Morgan fingerprint density at radius 1 is 1.09 bits per heavy atom. The largest absolute Gasteiger partial charge is 0.480 e. The van der Waals surface area contributed by atoms with Crippen LogP contribution in [0.3, 0.4) is 0 Å². The number of carbonyl (C=O) groups is 3. The molecule has 3 N–H and O–H groups in total. The van der Waals surface area contributed by atoms with Crippen LogP contribution in [0.25, 0.3) is 11.1 Å². The van der Waals surface area contributed by atoms with E-state index >= 15 is 0 Å². The number of β-amino-alcohol motifs (C(OH)–C–C–N with tert-alkyl or cyclic N) is 1. The van der Waals surface area contributed by atoms with Crippen molar-refractivity contribution in [2.75, 3.05) is 13.2 Å². The van der Waals surface area contributed by atoms with Gasteiger partial charge in [-0.05, 0) is 28.7 Å². The second kappa shape index (κ2) is 10.3. The van der Waals surface area contributed by atoms with Crippen LogP contribution in [0.4, 0.5) is 4.79 Å². The third kappa shape index (κ3) is 4.77. The number of likely N-dealkylation sites (tertiary alicyclic amines) is 1. The maximum Gasteiger partial charge on any atom is 0.407 e. The van der Waals surface area contributed by atoms with Crippen molar-refractivity contribution >= 4 is 18.0 Å². The number of alkyl carbamates (subject to hydrolysis) is 1. The highest BCUT2D eigenvalue weighted by Crippen LogP contribution is 2.44. The molecule has 1 unspecified atom stereocenters. The number of rotatable bonds is 8. The molecular weight excluding hydrogens is 436 g/mol. The van der Waals surface area contributed by atoms with Gasteiger partial charge >= 0.3 is 12.1 Å². The number of aliphatic hydroxyl groups is 1. The average Bonchev–Trinajstić information content (AvgIpc) is 3.38. The van der Waals surface area contributed by atoms with E-state index in [-0.39, 0.29) is 25.5 Å². The van der Waals surface area contributed by atoms with Gasteiger partial charge in [-0.2, -0.15) is 0 Å². The molecule has 2 aliphatic rings. The molecule has 0 spiro atoms. The number of hydrogen-bond donors (Lipinski definition) is 3. The zero-order valence-electron chi connectivity index (χ0n) is 19.1. The summed E-state index contributed by atoms with van der Waals surface area (Å²) in [6.45, 7) is 2.02. The van der Waals surface area contributed by atoms with Crippen LogP contribution < -0.4 is 5.32 Å². The number of amides is 2. The summed E-state index contributed by atoms with van der Waals surface area (Å²) in [5.74, 6) is -1.78. The second-order valence-corrected chi connectivity index (χ2v) is 8.90. The van der Waals surface area contributed by atoms with Gasteiger partial charge in [0, 0.05) is 18.9 Å². The van der Waals surface area contributed by atoms with E-state index in [2.05, 4.69) is 17.4 Å². The molecule has 0 radical (unpaired) electrons. The van der Waals surface area contributed by atoms with Gasteiger partial charge in [-0.25, -0.2) is 9.59 Å².